The molecule has 11 N–H and O–H groups in total. The molecule has 2 aromatic heterocycles. The number of alkyl carbamates (subject to hydrolysis) is 1. The van der Waals surface area contributed by atoms with E-state index in [2.05, 4.69) is 67.6 Å². The lowest BCUT2D eigenvalue weighted by atomic mass is 9.81. The first kappa shape index (κ1) is 70.1. The van der Waals surface area contributed by atoms with Crippen LogP contribution in [0.1, 0.15) is 88.8 Å². The summed E-state index contributed by atoms with van der Waals surface area (Å²) in [6, 6.07) is 31.9. The number of benzene rings is 5. The Kier molecular flexibility index (Phi) is 23.4. The molecule has 2 atom stereocenters. The van der Waals surface area contributed by atoms with Gasteiger partial charge in [0, 0.05) is 77.8 Å². The van der Waals surface area contributed by atoms with Gasteiger partial charge in [-0.1, -0.05) is 58.4 Å². The summed E-state index contributed by atoms with van der Waals surface area (Å²) in [4.78, 5) is 107. The van der Waals surface area contributed by atoms with Gasteiger partial charge in [0.1, 0.15) is 17.7 Å². The lowest BCUT2D eigenvalue weighted by Crippen LogP contribution is -2.52. The van der Waals surface area contributed by atoms with Crippen molar-refractivity contribution in [1.82, 2.24) is 50.6 Å². The summed E-state index contributed by atoms with van der Waals surface area (Å²) in [5, 5.41) is 32.7. The molecule has 0 radical (unpaired) electrons. The maximum Gasteiger partial charge on any atom is 0.407 e. The zero-order valence-electron chi connectivity index (χ0n) is 53.2. The Morgan fingerprint density at radius 1 is 0.726 bits per heavy atom. The van der Waals surface area contributed by atoms with E-state index in [-0.39, 0.29) is 66.3 Å². The Balaban J connectivity index is 0.000000230. The summed E-state index contributed by atoms with van der Waals surface area (Å²) < 4.78 is 39.9. The maximum atomic E-state index is 14.1. The number of nitrogens with one attached hydrogen (secondary N) is 8. The number of amides is 6. The topological polar surface area (TPSA) is 379 Å². The third-order valence-electron chi connectivity index (χ3n) is 17.1. The molecule has 1 aliphatic heterocycles. The molecular weight excluding hydrogens is 1310 g/mol. The number of nitrogens with two attached hydrogens (primary N) is 1. The number of aromatic amines is 4. The Hall–Kier alpha value is -9.25. The Morgan fingerprint density at radius 2 is 1.29 bits per heavy atom. The highest BCUT2D eigenvalue weighted by Crippen LogP contribution is 2.35. The van der Waals surface area contributed by atoms with Crippen molar-refractivity contribution in [2.45, 2.75) is 114 Å². The Bertz CT molecular complexity index is 4070. The van der Waals surface area contributed by atoms with Crippen molar-refractivity contribution in [3.63, 3.8) is 0 Å². The van der Waals surface area contributed by atoms with Crippen LogP contribution in [0.5, 0.6) is 0 Å². The molecule has 504 valence electrons. The predicted molar refractivity (Wildman–Crippen MR) is 359 cm³/mol. The van der Waals surface area contributed by atoms with Crippen LogP contribution in [0.3, 0.4) is 0 Å². The number of halogens is 1. The molecule has 5 aromatic carbocycles. The number of carbonyl (C=O) groups is 6. The van der Waals surface area contributed by atoms with E-state index in [1.54, 1.807) is 66.7 Å². The minimum Gasteiger partial charge on any atom is -0.465 e. The standard InChI is InChI=1S/C37H43N7O8S.C30H37BrN6O5/c1-23-5-14-30(53(50,51)44-15-17-52-18-16-44)21-31(23)28-4-2-3-25(19-28)20-32(40-34(45)27-8-6-24(7-9-27)22-38-37(48)49)35(46)39-29-12-10-26(11-13-29)33-41-36(47)43-42-33;1-30(2,3)42-29(41)33-17-18-7-9-21(10-8-18)27(39)37(24(25(32)38)16-19-5-4-6-22(31)15-19)23-13-11-20(12-14-23)26-34-28(40)36-35-26/h2-5,10-14,19,21,24,27,32,38H,6-9,15-18,20,22H2,1H3,(H,39,46)(H,40,45)(H,48,49)(H2,41,42,43,47);4-6,11-15,18,21,24H,7-10,16-17H2,1-3H3,(H2,32,38)(H,33,41)(H2,34,35,36,40)/t24-,27-,32-;18-,21-,24-/m00/s1. The van der Waals surface area contributed by atoms with E-state index >= 15 is 0 Å². The number of sulfonamides is 1. The number of morpholine rings is 1. The molecule has 2 aliphatic carbocycles. The molecular formula is C67H80BrN13O13S. The number of anilines is 2. The van der Waals surface area contributed by atoms with Crippen molar-refractivity contribution < 1.29 is 51.8 Å². The first-order valence-electron chi connectivity index (χ1n) is 31.6. The number of ether oxygens (including phenoxy) is 2. The molecule has 0 spiro atoms. The fraction of sp³-hybridized carbons (Fsp3) is 0.403. The van der Waals surface area contributed by atoms with Crippen LogP contribution in [-0.2, 0) is 51.5 Å². The second-order valence-corrected chi connectivity index (χ2v) is 27.9. The summed E-state index contributed by atoms with van der Waals surface area (Å²) in [6.07, 6.45) is 4.11. The normalized spacial score (nSPS) is 18.2. The highest BCUT2D eigenvalue weighted by Gasteiger charge is 2.37. The molecule has 0 bridgehead atoms. The molecule has 3 heterocycles. The summed E-state index contributed by atoms with van der Waals surface area (Å²) in [5.41, 5.74) is 10.8. The average Bonchev–Trinajstić information content (AvgIpc) is 1.23. The largest absolute Gasteiger partial charge is 0.465 e. The van der Waals surface area contributed by atoms with E-state index in [4.69, 9.17) is 20.3 Å². The number of carbonyl (C=O) groups excluding carboxylic acids is 5. The van der Waals surface area contributed by atoms with Gasteiger partial charge in [-0.3, -0.25) is 34.0 Å². The van der Waals surface area contributed by atoms with Crippen LogP contribution >= 0.6 is 15.9 Å². The van der Waals surface area contributed by atoms with Crippen LogP contribution in [0.2, 0.25) is 0 Å². The van der Waals surface area contributed by atoms with Crippen LogP contribution in [0.15, 0.2) is 134 Å². The van der Waals surface area contributed by atoms with Gasteiger partial charge in [0.25, 0.3) is 0 Å². The van der Waals surface area contributed by atoms with Crippen LogP contribution in [0.25, 0.3) is 33.9 Å². The van der Waals surface area contributed by atoms with E-state index < -0.39 is 63.1 Å². The fourth-order valence-electron chi connectivity index (χ4n) is 12.0. The smallest absolute Gasteiger partial charge is 0.407 e. The van der Waals surface area contributed by atoms with Crippen molar-refractivity contribution in [1.29, 1.82) is 0 Å². The number of H-pyrrole nitrogens is 4. The zero-order chi connectivity index (χ0) is 68.0. The number of hydrogen-bond donors (Lipinski definition) is 10. The lowest BCUT2D eigenvalue weighted by Gasteiger charge is -2.36. The maximum absolute atomic E-state index is 14.1. The Morgan fingerprint density at radius 3 is 1.85 bits per heavy atom. The number of rotatable bonds is 21. The second kappa shape index (κ2) is 31.8. The third-order valence-corrected chi connectivity index (χ3v) is 19.4. The van der Waals surface area contributed by atoms with Gasteiger partial charge >= 0.3 is 23.6 Å². The number of hydrogen-bond acceptors (Lipinski definition) is 14. The van der Waals surface area contributed by atoms with E-state index in [0.29, 0.717) is 99.0 Å². The van der Waals surface area contributed by atoms with Gasteiger partial charge in [0.2, 0.25) is 33.7 Å². The number of aromatic nitrogens is 6. The molecule has 28 heteroatoms. The molecule has 95 heavy (non-hydrogen) atoms. The monoisotopic (exact) mass is 1390 g/mol. The van der Waals surface area contributed by atoms with Crippen LogP contribution in [-0.4, -0.2) is 141 Å². The van der Waals surface area contributed by atoms with E-state index in [1.807, 2.05) is 76.2 Å². The molecule has 3 aliphatic rings. The zero-order valence-corrected chi connectivity index (χ0v) is 55.6. The quantitative estimate of drug-likeness (QED) is 0.0328. The SMILES string of the molecule is CC(C)(C)OC(=O)NC[C@H]1CC[C@H](C(=O)N(c2ccc(-c3n[nH]c(=O)[nH]3)cc2)[C@@H](Cc2cccc(Br)c2)C(N)=O)CC1.Cc1ccc(S(=O)(=O)N2CCOCC2)cc1-c1cccc(C[C@H](NC(=O)[C@H]2CC[C@H](CNC(=O)O)CC2)C(=O)Nc2ccc(-c3n[nH]c(=O)[nH]3)cc2)c1. The molecule has 6 amide bonds. The molecule has 26 nitrogen and oxygen atoms in total. The van der Waals surface area contributed by atoms with E-state index in [1.165, 1.54) is 9.21 Å². The summed E-state index contributed by atoms with van der Waals surface area (Å²) >= 11 is 3.47. The molecule has 2 saturated carbocycles. The van der Waals surface area contributed by atoms with Gasteiger partial charge < -0.3 is 41.6 Å². The number of carboxylic acid groups (broad SMARTS) is 1. The van der Waals surface area contributed by atoms with Crippen molar-refractivity contribution in [3.8, 4) is 33.9 Å². The van der Waals surface area contributed by atoms with E-state index in [9.17, 15) is 46.8 Å². The van der Waals surface area contributed by atoms with Gasteiger partial charge in [0.15, 0.2) is 11.6 Å². The third kappa shape index (κ3) is 19.4. The van der Waals surface area contributed by atoms with Gasteiger partial charge in [-0.05, 0) is 192 Å². The molecule has 1 saturated heterocycles. The summed E-state index contributed by atoms with van der Waals surface area (Å²) in [5.74, 6) is -1.02. The van der Waals surface area contributed by atoms with Gasteiger partial charge in [-0.15, -0.1) is 0 Å². The predicted octanol–water partition coefficient (Wildman–Crippen LogP) is 7.79. The molecule has 3 fully saturated rings. The number of primary amides is 1. The van der Waals surface area contributed by atoms with E-state index in [0.717, 1.165) is 45.1 Å². The molecule has 0 unspecified atom stereocenters. The summed E-state index contributed by atoms with van der Waals surface area (Å²) in [7, 11) is -3.73. The van der Waals surface area contributed by atoms with Gasteiger partial charge in [-0.2, -0.15) is 14.5 Å². The van der Waals surface area contributed by atoms with Crippen molar-refractivity contribution in [3.05, 3.63) is 157 Å². The first-order valence-corrected chi connectivity index (χ1v) is 33.8. The van der Waals surface area contributed by atoms with Crippen LogP contribution < -0.4 is 43.3 Å². The fourth-order valence-corrected chi connectivity index (χ4v) is 13.9. The second-order valence-electron chi connectivity index (χ2n) is 25.1. The highest BCUT2D eigenvalue weighted by molar-refractivity contribution is 9.10. The first-order chi connectivity index (χ1) is 45.3. The number of nitrogens with zero attached hydrogens (tertiary/aromatic N) is 4. The molecule has 7 aromatic rings. The summed E-state index contributed by atoms with van der Waals surface area (Å²) in [6.45, 7) is 9.42. The Labute approximate surface area is 557 Å². The van der Waals surface area contributed by atoms with Gasteiger partial charge in [-0.25, -0.2) is 37.8 Å². The average molecular weight is 1390 g/mol. The number of aryl methyl sites for hydroxylation is 1. The van der Waals surface area contributed by atoms with Crippen molar-refractivity contribution in [2.75, 3.05) is 49.6 Å². The lowest BCUT2D eigenvalue weighted by molar-refractivity contribution is -0.130. The van der Waals surface area contributed by atoms with Crippen LogP contribution in [0.4, 0.5) is 21.0 Å². The minimum atomic E-state index is -3.73. The van der Waals surface area contributed by atoms with Crippen LogP contribution in [0, 0.1) is 30.6 Å². The van der Waals surface area contributed by atoms with Crippen molar-refractivity contribution >= 4 is 73.1 Å². The van der Waals surface area contributed by atoms with Crippen molar-refractivity contribution in [2.24, 2.45) is 29.4 Å². The highest BCUT2D eigenvalue weighted by atomic mass is 79.9. The molecule has 10 rings (SSSR count). The minimum absolute atomic E-state index is 0.144. The van der Waals surface area contributed by atoms with Gasteiger partial charge in [0.05, 0.1) is 18.1 Å².